The molecule has 0 aliphatic rings. The molecule has 0 aromatic heterocycles. The minimum Gasteiger partial charge on any atom is -0.497 e. The molecule has 14 heavy (non-hydrogen) atoms. The Balaban J connectivity index is 2.89. The molecule has 0 spiro atoms. The predicted octanol–water partition coefficient (Wildman–Crippen LogP) is 2.48. The minimum absolute atomic E-state index is 0.300. The summed E-state index contributed by atoms with van der Waals surface area (Å²) in [5.74, 6) is 0.447. The van der Waals surface area contributed by atoms with E-state index in [0.29, 0.717) is 16.5 Å². The molecule has 4 heteroatoms. The Bertz CT molecular complexity index is 336. The second kappa shape index (κ2) is 4.86. The smallest absolute Gasteiger partial charge is 0.314 e. The number of methoxy groups -OCH3 is 1. The number of esters is 1. The number of ether oxygens (including phenoxy) is 2. The second-order valence-corrected chi connectivity index (χ2v) is 2.91. The van der Waals surface area contributed by atoms with Crippen LogP contribution in [0.4, 0.5) is 0 Å². The van der Waals surface area contributed by atoms with Crippen molar-refractivity contribution in [3.63, 3.8) is 0 Å². The lowest BCUT2D eigenvalue weighted by atomic mass is 10.3. The van der Waals surface area contributed by atoms with Gasteiger partial charge in [0.2, 0.25) is 0 Å². The van der Waals surface area contributed by atoms with Crippen LogP contribution in [0.25, 0.3) is 0 Å². The van der Waals surface area contributed by atoms with E-state index in [1.165, 1.54) is 13.5 Å². The highest BCUT2D eigenvalue weighted by molar-refractivity contribution is 6.32. The summed E-state index contributed by atoms with van der Waals surface area (Å²) in [6.45, 7) is 1.59. The van der Waals surface area contributed by atoms with Gasteiger partial charge >= 0.3 is 5.97 Å². The zero-order valence-corrected chi connectivity index (χ0v) is 8.67. The van der Waals surface area contributed by atoms with Crippen molar-refractivity contribution in [1.29, 1.82) is 0 Å². The molecule has 1 radical (unpaired) electrons. The quantitative estimate of drug-likeness (QED) is 0.572. The highest BCUT2D eigenvalue weighted by atomic mass is 35.5. The first-order valence-corrected chi connectivity index (χ1v) is 4.40. The van der Waals surface area contributed by atoms with Gasteiger partial charge in [0.05, 0.1) is 18.6 Å². The predicted molar refractivity (Wildman–Crippen MR) is 53.6 cm³/mol. The molecular weight excluding hydrogens is 204 g/mol. The van der Waals surface area contributed by atoms with Crippen LogP contribution in [0.3, 0.4) is 0 Å². The summed E-state index contributed by atoms with van der Waals surface area (Å²) in [5, 5.41) is 0.376. The van der Waals surface area contributed by atoms with Crippen LogP contribution in [0.2, 0.25) is 5.02 Å². The Morgan fingerprint density at radius 3 is 2.79 bits per heavy atom. The summed E-state index contributed by atoms with van der Waals surface area (Å²) in [6, 6.07) is 4.86. The summed E-state index contributed by atoms with van der Waals surface area (Å²) in [4.78, 5) is 11.0. The van der Waals surface area contributed by atoms with Gasteiger partial charge in [0.25, 0.3) is 0 Å². The van der Waals surface area contributed by atoms with Crippen molar-refractivity contribution in [1.82, 2.24) is 0 Å². The zero-order valence-electron chi connectivity index (χ0n) is 7.91. The van der Waals surface area contributed by atoms with E-state index in [-0.39, 0.29) is 0 Å². The van der Waals surface area contributed by atoms with Gasteiger partial charge in [-0.2, -0.15) is 0 Å². The SMILES string of the molecule is C[CH]C(=O)Oc1cc(OC)ccc1Cl. The van der Waals surface area contributed by atoms with Crippen LogP contribution >= 0.6 is 11.6 Å². The molecule has 1 aromatic carbocycles. The van der Waals surface area contributed by atoms with Crippen LogP contribution in [0.15, 0.2) is 18.2 Å². The molecule has 75 valence electrons. The van der Waals surface area contributed by atoms with Crippen LogP contribution in [0.5, 0.6) is 11.5 Å². The minimum atomic E-state index is -0.444. The lowest BCUT2D eigenvalue weighted by Crippen LogP contribution is -2.06. The average molecular weight is 214 g/mol. The molecule has 0 fully saturated rings. The fourth-order valence-corrected chi connectivity index (χ4v) is 1.01. The number of rotatable bonds is 3. The Kier molecular flexibility index (Phi) is 3.77. The standard InChI is InChI=1S/C10H10ClO3/c1-3-10(12)14-9-6-7(13-2)4-5-8(9)11/h3-6H,1-2H3. The zero-order chi connectivity index (χ0) is 10.6. The van der Waals surface area contributed by atoms with E-state index in [9.17, 15) is 4.79 Å². The van der Waals surface area contributed by atoms with Gasteiger partial charge in [-0.15, -0.1) is 0 Å². The van der Waals surface area contributed by atoms with Crippen LogP contribution < -0.4 is 9.47 Å². The van der Waals surface area contributed by atoms with E-state index < -0.39 is 5.97 Å². The van der Waals surface area contributed by atoms with Crippen molar-refractivity contribution < 1.29 is 14.3 Å². The van der Waals surface area contributed by atoms with Gasteiger partial charge in [-0.1, -0.05) is 18.5 Å². The third kappa shape index (κ3) is 2.64. The van der Waals surface area contributed by atoms with Gasteiger partial charge in [-0.3, -0.25) is 4.79 Å². The Labute approximate surface area is 87.6 Å². The van der Waals surface area contributed by atoms with Crippen molar-refractivity contribution >= 4 is 17.6 Å². The van der Waals surface area contributed by atoms with Crippen molar-refractivity contribution in [3.8, 4) is 11.5 Å². The van der Waals surface area contributed by atoms with Gasteiger partial charge in [-0.05, 0) is 12.1 Å². The molecule has 0 aliphatic heterocycles. The molecule has 0 heterocycles. The molecule has 3 nitrogen and oxygen atoms in total. The molecule has 0 aliphatic carbocycles. The summed E-state index contributed by atoms with van der Waals surface area (Å²) >= 11 is 5.81. The number of carbonyl (C=O) groups excluding carboxylic acids is 1. The lowest BCUT2D eigenvalue weighted by Gasteiger charge is -2.06. The molecule has 0 saturated heterocycles. The Morgan fingerprint density at radius 2 is 2.21 bits per heavy atom. The summed E-state index contributed by atoms with van der Waals surface area (Å²) < 4.78 is 9.90. The van der Waals surface area contributed by atoms with Crippen LogP contribution in [0, 0.1) is 6.42 Å². The largest absolute Gasteiger partial charge is 0.497 e. The second-order valence-electron chi connectivity index (χ2n) is 2.51. The third-order valence-corrected chi connectivity index (χ3v) is 1.90. The lowest BCUT2D eigenvalue weighted by molar-refractivity contribution is -0.130. The molecule has 0 N–H and O–H groups in total. The maximum atomic E-state index is 11.0. The van der Waals surface area contributed by atoms with Crippen molar-refractivity contribution in [2.75, 3.05) is 7.11 Å². The number of halogens is 1. The van der Waals surface area contributed by atoms with Crippen LogP contribution in [-0.4, -0.2) is 13.1 Å². The van der Waals surface area contributed by atoms with Gasteiger partial charge < -0.3 is 9.47 Å². The number of hydrogen-bond donors (Lipinski definition) is 0. The highest BCUT2D eigenvalue weighted by Gasteiger charge is 2.07. The van der Waals surface area contributed by atoms with Gasteiger partial charge in [0.15, 0.2) is 5.75 Å². The van der Waals surface area contributed by atoms with E-state index >= 15 is 0 Å². The maximum absolute atomic E-state index is 11.0. The van der Waals surface area contributed by atoms with E-state index in [1.807, 2.05) is 0 Å². The fourth-order valence-electron chi connectivity index (χ4n) is 0.856. The molecule has 1 aromatic rings. The topological polar surface area (TPSA) is 35.5 Å². The first kappa shape index (κ1) is 10.9. The molecular formula is C10H10ClO3. The van der Waals surface area contributed by atoms with E-state index in [0.717, 1.165) is 0 Å². The van der Waals surface area contributed by atoms with Crippen LogP contribution in [-0.2, 0) is 4.79 Å². The van der Waals surface area contributed by atoms with E-state index in [1.54, 1.807) is 25.1 Å². The summed E-state index contributed by atoms with van der Waals surface area (Å²) in [6.07, 6.45) is 1.32. The normalized spacial score (nSPS) is 9.64. The third-order valence-electron chi connectivity index (χ3n) is 1.58. The Hall–Kier alpha value is -1.22. The monoisotopic (exact) mass is 213 g/mol. The van der Waals surface area contributed by atoms with Crippen LogP contribution in [0.1, 0.15) is 6.92 Å². The first-order valence-electron chi connectivity index (χ1n) is 4.02. The molecule has 0 unspecified atom stereocenters. The van der Waals surface area contributed by atoms with E-state index in [4.69, 9.17) is 21.1 Å². The summed E-state index contributed by atoms with van der Waals surface area (Å²) in [5.41, 5.74) is 0. The molecule has 1 rings (SSSR count). The number of hydrogen-bond acceptors (Lipinski definition) is 3. The number of carbonyl (C=O) groups is 1. The molecule has 0 bridgehead atoms. The fraction of sp³-hybridized carbons (Fsp3) is 0.200. The molecule has 0 amide bonds. The van der Waals surface area contributed by atoms with Gasteiger partial charge in [0, 0.05) is 6.07 Å². The average Bonchev–Trinajstić information content (AvgIpc) is 2.21. The first-order chi connectivity index (χ1) is 6.67. The highest BCUT2D eigenvalue weighted by Crippen LogP contribution is 2.28. The maximum Gasteiger partial charge on any atom is 0.314 e. The molecule has 0 saturated carbocycles. The Morgan fingerprint density at radius 1 is 1.50 bits per heavy atom. The van der Waals surface area contributed by atoms with E-state index in [2.05, 4.69) is 0 Å². The van der Waals surface area contributed by atoms with Gasteiger partial charge in [0.1, 0.15) is 5.75 Å². The van der Waals surface area contributed by atoms with Gasteiger partial charge in [-0.25, -0.2) is 0 Å². The number of benzene rings is 1. The molecule has 0 atom stereocenters. The summed E-state index contributed by atoms with van der Waals surface area (Å²) in [7, 11) is 1.53. The van der Waals surface area contributed by atoms with Crippen molar-refractivity contribution in [2.45, 2.75) is 6.92 Å². The van der Waals surface area contributed by atoms with Crippen molar-refractivity contribution in [3.05, 3.63) is 29.6 Å². The van der Waals surface area contributed by atoms with Crippen molar-refractivity contribution in [2.24, 2.45) is 0 Å².